The fourth-order valence-corrected chi connectivity index (χ4v) is 2.12. The van der Waals surface area contributed by atoms with Gasteiger partial charge >= 0.3 is 0 Å². The van der Waals surface area contributed by atoms with Gasteiger partial charge in [0.2, 0.25) is 5.91 Å². The number of hydrogen-bond donors (Lipinski definition) is 0. The van der Waals surface area contributed by atoms with Gasteiger partial charge in [-0.05, 0) is 24.5 Å². The molecular weight excluding hydrogens is 291 g/mol. The van der Waals surface area contributed by atoms with Crippen LogP contribution in [0.15, 0.2) is 30.2 Å². The number of halogens is 2. The van der Waals surface area contributed by atoms with E-state index in [-0.39, 0.29) is 24.7 Å². The van der Waals surface area contributed by atoms with Gasteiger partial charge in [0, 0.05) is 12.7 Å². The minimum atomic E-state index is -0.265. The van der Waals surface area contributed by atoms with E-state index in [1.54, 1.807) is 23.2 Å². The fourth-order valence-electron chi connectivity index (χ4n) is 1.94. The van der Waals surface area contributed by atoms with Crippen molar-refractivity contribution >= 4 is 17.5 Å². The first-order valence-corrected chi connectivity index (χ1v) is 7.68. The third kappa shape index (κ3) is 6.25. The third-order valence-electron chi connectivity index (χ3n) is 3.08. The fraction of sp³-hybridized carbons (Fsp3) is 0.500. The Labute approximate surface area is 130 Å². The minimum Gasteiger partial charge on any atom is -0.336 e. The maximum Gasteiger partial charge on any atom is 0.227 e. The molecule has 21 heavy (non-hydrogen) atoms. The van der Waals surface area contributed by atoms with E-state index in [1.807, 2.05) is 13.8 Å². The summed E-state index contributed by atoms with van der Waals surface area (Å²) in [5.41, 5.74) is 0.672. The second kappa shape index (κ2) is 9.50. The Hall–Kier alpha value is -1.42. The highest BCUT2D eigenvalue weighted by Crippen LogP contribution is 2.14. The van der Waals surface area contributed by atoms with Crippen molar-refractivity contribution in [3.63, 3.8) is 0 Å². The van der Waals surface area contributed by atoms with Crippen LogP contribution in [-0.4, -0.2) is 28.9 Å². The zero-order chi connectivity index (χ0) is 15.7. The lowest BCUT2D eigenvalue weighted by atomic mass is 10.2. The van der Waals surface area contributed by atoms with Crippen molar-refractivity contribution in [2.75, 3.05) is 13.1 Å². The lowest BCUT2D eigenvalue weighted by Crippen LogP contribution is -2.34. The predicted octanol–water partition coefficient (Wildman–Crippen LogP) is 4.17. The molecule has 0 spiro atoms. The molecule has 0 saturated carbocycles. The molecule has 0 aromatic carbocycles. The number of rotatable bonds is 8. The summed E-state index contributed by atoms with van der Waals surface area (Å²) < 4.78 is 13.7. The SMILES string of the molecule is CC/C=C(/F)CN(CCCC)C(=O)Cc1cccnc1Cl. The smallest absolute Gasteiger partial charge is 0.227 e. The van der Waals surface area contributed by atoms with Crippen LogP contribution < -0.4 is 0 Å². The molecule has 1 rings (SSSR count). The minimum absolute atomic E-state index is 0.0323. The summed E-state index contributed by atoms with van der Waals surface area (Å²) in [6.45, 7) is 4.49. The number of aromatic nitrogens is 1. The summed E-state index contributed by atoms with van der Waals surface area (Å²) in [7, 11) is 0. The molecule has 1 aromatic rings. The summed E-state index contributed by atoms with van der Waals surface area (Å²) in [4.78, 5) is 17.9. The Kier molecular flexibility index (Phi) is 7.98. The number of hydrogen-bond acceptors (Lipinski definition) is 2. The van der Waals surface area contributed by atoms with Crippen LogP contribution in [0.2, 0.25) is 5.15 Å². The number of pyridine rings is 1. The Morgan fingerprint density at radius 1 is 1.48 bits per heavy atom. The lowest BCUT2D eigenvalue weighted by molar-refractivity contribution is -0.130. The van der Waals surface area contributed by atoms with E-state index in [0.717, 1.165) is 12.8 Å². The topological polar surface area (TPSA) is 33.2 Å². The number of carbonyl (C=O) groups is 1. The number of nitrogens with zero attached hydrogens (tertiary/aromatic N) is 2. The Morgan fingerprint density at radius 3 is 2.86 bits per heavy atom. The molecule has 5 heteroatoms. The van der Waals surface area contributed by atoms with Gasteiger partial charge in [0.25, 0.3) is 0 Å². The van der Waals surface area contributed by atoms with Gasteiger partial charge in [0.05, 0.1) is 13.0 Å². The molecule has 1 aromatic heterocycles. The van der Waals surface area contributed by atoms with Gasteiger partial charge in [-0.2, -0.15) is 0 Å². The van der Waals surface area contributed by atoms with Crippen LogP contribution in [0, 0.1) is 0 Å². The molecule has 1 heterocycles. The maximum atomic E-state index is 13.7. The molecule has 0 aliphatic heterocycles. The third-order valence-corrected chi connectivity index (χ3v) is 3.42. The van der Waals surface area contributed by atoms with Crippen LogP contribution in [0.25, 0.3) is 0 Å². The largest absolute Gasteiger partial charge is 0.336 e. The number of carbonyl (C=O) groups excluding carboxylic acids is 1. The van der Waals surface area contributed by atoms with Crippen LogP contribution in [0.4, 0.5) is 4.39 Å². The van der Waals surface area contributed by atoms with Crippen LogP contribution in [0.1, 0.15) is 38.7 Å². The zero-order valence-electron chi connectivity index (χ0n) is 12.6. The molecule has 0 N–H and O–H groups in total. The molecule has 0 radical (unpaired) electrons. The van der Waals surface area contributed by atoms with Crippen LogP contribution in [0.3, 0.4) is 0 Å². The van der Waals surface area contributed by atoms with E-state index in [1.165, 1.54) is 6.08 Å². The second-order valence-electron chi connectivity index (χ2n) is 4.86. The Balaban J connectivity index is 2.75. The summed E-state index contributed by atoms with van der Waals surface area (Å²) in [6.07, 6.45) is 5.66. The van der Waals surface area contributed by atoms with Gasteiger partial charge in [-0.15, -0.1) is 0 Å². The zero-order valence-corrected chi connectivity index (χ0v) is 13.4. The Morgan fingerprint density at radius 2 is 2.24 bits per heavy atom. The monoisotopic (exact) mass is 312 g/mol. The van der Waals surface area contributed by atoms with Crippen molar-refractivity contribution < 1.29 is 9.18 Å². The molecule has 0 fully saturated rings. The molecule has 0 aliphatic carbocycles. The highest BCUT2D eigenvalue weighted by atomic mass is 35.5. The molecule has 0 unspecified atom stereocenters. The quantitative estimate of drug-likeness (QED) is 0.675. The summed E-state index contributed by atoms with van der Waals surface area (Å²) in [5.74, 6) is -0.391. The molecule has 3 nitrogen and oxygen atoms in total. The molecular formula is C16H22ClFN2O. The van der Waals surface area contributed by atoms with Crippen molar-refractivity contribution in [2.45, 2.75) is 39.5 Å². The van der Waals surface area contributed by atoms with Crippen molar-refractivity contribution in [3.05, 3.63) is 40.9 Å². The molecule has 0 aliphatic rings. The van der Waals surface area contributed by atoms with Gasteiger partial charge in [0.1, 0.15) is 11.0 Å². The number of amides is 1. The highest BCUT2D eigenvalue weighted by molar-refractivity contribution is 6.30. The summed E-state index contributed by atoms with van der Waals surface area (Å²) in [5, 5.41) is 0.325. The van der Waals surface area contributed by atoms with E-state index < -0.39 is 0 Å². The average Bonchev–Trinajstić information content (AvgIpc) is 2.46. The van der Waals surface area contributed by atoms with Crippen LogP contribution in [-0.2, 0) is 11.2 Å². The summed E-state index contributed by atoms with van der Waals surface area (Å²) in [6, 6.07) is 3.51. The van der Waals surface area contributed by atoms with Crippen molar-refractivity contribution in [1.29, 1.82) is 0 Å². The standard InChI is InChI=1S/C16H22ClFN2O/c1-3-5-10-20(12-14(18)7-4-2)15(21)11-13-8-6-9-19-16(13)17/h6-9H,3-5,10-12H2,1-2H3/b14-7+. The average molecular weight is 313 g/mol. The van der Waals surface area contributed by atoms with Gasteiger partial charge in [0.15, 0.2) is 0 Å². The first-order chi connectivity index (χ1) is 10.1. The number of unbranched alkanes of at least 4 members (excludes halogenated alkanes) is 1. The van der Waals surface area contributed by atoms with Crippen molar-refractivity contribution in [1.82, 2.24) is 9.88 Å². The highest BCUT2D eigenvalue weighted by Gasteiger charge is 2.16. The normalized spacial score (nSPS) is 11.5. The predicted molar refractivity (Wildman–Crippen MR) is 83.9 cm³/mol. The van der Waals surface area contributed by atoms with Gasteiger partial charge in [-0.1, -0.05) is 44.0 Å². The van der Waals surface area contributed by atoms with Gasteiger partial charge < -0.3 is 4.90 Å². The summed E-state index contributed by atoms with van der Waals surface area (Å²) >= 11 is 5.97. The number of allylic oxidation sites excluding steroid dienone is 1. The van der Waals surface area contributed by atoms with E-state index >= 15 is 0 Å². The van der Waals surface area contributed by atoms with Crippen molar-refractivity contribution in [3.8, 4) is 0 Å². The molecule has 1 amide bonds. The first-order valence-electron chi connectivity index (χ1n) is 7.30. The van der Waals surface area contributed by atoms with Crippen LogP contribution in [0.5, 0.6) is 0 Å². The van der Waals surface area contributed by atoms with Crippen molar-refractivity contribution in [2.24, 2.45) is 0 Å². The van der Waals surface area contributed by atoms with E-state index in [4.69, 9.17) is 11.6 Å². The van der Waals surface area contributed by atoms with E-state index in [0.29, 0.717) is 23.7 Å². The van der Waals surface area contributed by atoms with E-state index in [2.05, 4.69) is 4.98 Å². The lowest BCUT2D eigenvalue weighted by Gasteiger charge is -2.22. The molecule has 116 valence electrons. The molecule has 0 saturated heterocycles. The molecule has 0 bridgehead atoms. The van der Waals surface area contributed by atoms with Gasteiger partial charge in [-0.25, -0.2) is 9.37 Å². The van der Waals surface area contributed by atoms with Gasteiger partial charge in [-0.3, -0.25) is 4.79 Å². The van der Waals surface area contributed by atoms with E-state index in [9.17, 15) is 9.18 Å². The van der Waals surface area contributed by atoms with Crippen LogP contribution >= 0.6 is 11.6 Å². The molecule has 0 atom stereocenters. The maximum absolute atomic E-state index is 13.7. The second-order valence-corrected chi connectivity index (χ2v) is 5.22. The first kappa shape index (κ1) is 17.6. The Bertz CT molecular complexity index is 491.